The fourth-order valence-electron chi connectivity index (χ4n) is 2.22. The van der Waals surface area contributed by atoms with E-state index in [-0.39, 0.29) is 24.3 Å². The summed E-state index contributed by atoms with van der Waals surface area (Å²) in [5, 5.41) is 2.65. The number of H-pyrrole nitrogens is 1. The minimum absolute atomic E-state index is 0.0821. The molecule has 1 aromatic heterocycles. The number of aromatic nitrogens is 1. The molecule has 7 nitrogen and oxygen atoms in total. The third kappa shape index (κ3) is 4.77. The van der Waals surface area contributed by atoms with E-state index in [2.05, 4.69) is 10.3 Å². The van der Waals surface area contributed by atoms with Gasteiger partial charge in [0.15, 0.2) is 0 Å². The van der Waals surface area contributed by atoms with E-state index < -0.39 is 17.4 Å². The Kier molecular flexibility index (Phi) is 6.08. The number of carbonyl (C=O) groups is 2. The number of aromatic amines is 1. The van der Waals surface area contributed by atoms with Gasteiger partial charge in [-0.25, -0.2) is 4.79 Å². The SMILES string of the molecule is COCCOC(=O)c1cc(C(=O)Nc2cccc(C)c2)c(=O)[nH]c1C. The van der Waals surface area contributed by atoms with Crippen LogP contribution in [0, 0.1) is 13.8 Å². The van der Waals surface area contributed by atoms with Crippen molar-refractivity contribution in [1.29, 1.82) is 0 Å². The highest BCUT2D eigenvalue weighted by atomic mass is 16.6. The standard InChI is InChI=1S/C18H20N2O5/c1-11-5-4-6-13(9-11)20-17(22)15-10-14(12(2)19-16(15)21)18(23)25-8-7-24-3/h4-6,9-10H,7-8H2,1-3H3,(H,19,21)(H,20,22). The number of pyridine rings is 1. The van der Waals surface area contributed by atoms with E-state index in [4.69, 9.17) is 9.47 Å². The first-order valence-corrected chi connectivity index (χ1v) is 7.70. The molecule has 0 spiro atoms. The Hall–Kier alpha value is -2.93. The molecule has 0 aliphatic heterocycles. The van der Waals surface area contributed by atoms with Crippen LogP contribution in [0.2, 0.25) is 0 Å². The highest BCUT2D eigenvalue weighted by molar-refractivity contribution is 6.05. The molecule has 0 unspecified atom stereocenters. The number of methoxy groups -OCH3 is 1. The van der Waals surface area contributed by atoms with Gasteiger partial charge in [0.2, 0.25) is 0 Å². The molecule has 2 aromatic rings. The molecule has 0 saturated heterocycles. The normalized spacial score (nSPS) is 10.4. The van der Waals surface area contributed by atoms with Crippen molar-refractivity contribution in [2.75, 3.05) is 25.6 Å². The molecular weight excluding hydrogens is 324 g/mol. The van der Waals surface area contributed by atoms with Crippen molar-refractivity contribution < 1.29 is 19.1 Å². The predicted octanol–water partition coefficient (Wildman–Crippen LogP) is 2.05. The first kappa shape index (κ1) is 18.4. The lowest BCUT2D eigenvalue weighted by atomic mass is 10.1. The van der Waals surface area contributed by atoms with Crippen molar-refractivity contribution in [1.82, 2.24) is 4.98 Å². The number of nitrogens with one attached hydrogen (secondary N) is 2. The summed E-state index contributed by atoms with van der Waals surface area (Å²) >= 11 is 0. The zero-order chi connectivity index (χ0) is 18.4. The highest BCUT2D eigenvalue weighted by Crippen LogP contribution is 2.12. The number of aryl methyl sites for hydroxylation is 2. The van der Waals surface area contributed by atoms with Gasteiger partial charge in [0, 0.05) is 18.5 Å². The van der Waals surface area contributed by atoms with Crippen LogP contribution in [0.5, 0.6) is 0 Å². The van der Waals surface area contributed by atoms with Gasteiger partial charge in [0.25, 0.3) is 11.5 Å². The van der Waals surface area contributed by atoms with Crippen LogP contribution < -0.4 is 10.9 Å². The van der Waals surface area contributed by atoms with Gasteiger partial charge < -0.3 is 19.8 Å². The second kappa shape index (κ2) is 8.25. The topological polar surface area (TPSA) is 97.5 Å². The molecule has 0 saturated carbocycles. The zero-order valence-corrected chi connectivity index (χ0v) is 14.3. The Bertz CT molecular complexity index is 842. The number of benzene rings is 1. The summed E-state index contributed by atoms with van der Waals surface area (Å²) < 4.78 is 9.86. The van der Waals surface area contributed by atoms with Gasteiger partial charge in [0.1, 0.15) is 12.2 Å². The maximum Gasteiger partial charge on any atom is 0.340 e. The van der Waals surface area contributed by atoms with Crippen LogP contribution in [-0.2, 0) is 9.47 Å². The number of amides is 1. The van der Waals surface area contributed by atoms with Gasteiger partial charge in [-0.3, -0.25) is 9.59 Å². The van der Waals surface area contributed by atoms with Gasteiger partial charge in [-0.1, -0.05) is 12.1 Å². The Balaban J connectivity index is 2.25. The first-order valence-electron chi connectivity index (χ1n) is 7.70. The lowest BCUT2D eigenvalue weighted by Gasteiger charge is -2.09. The Morgan fingerprint density at radius 2 is 1.88 bits per heavy atom. The lowest BCUT2D eigenvalue weighted by molar-refractivity contribution is 0.0386. The average molecular weight is 344 g/mol. The van der Waals surface area contributed by atoms with Gasteiger partial charge >= 0.3 is 5.97 Å². The van der Waals surface area contributed by atoms with Crippen LogP contribution in [0.25, 0.3) is 0 Å². The maximum atomic E-state index is 12.4. The zero-order valence-electron chi connectivity index (χ0n) is 14.3. The van der Waals surface area contributed by atoms with E-state index >= 15 is 0 Å². The number of ether oxygens (including phenoxy) is 2. The molecule has 1 heterocycles. The largest absolute Gasteiger partial charge is 0.460 e. The molecule has 0 atom stereocenters. The minimum atomic E-state index is -0.629. The van der Waals surface area contributed by atoms with Crippen LogP contribution in [0.1, 0.15) is 32.0 Å². The van der Waals surface area contributed by atoms with Crippen molar-refractivity contribution in [3.05, 3.63) is 63.1 Å². The third-order valence-corrected chi connectivity index (χ3v) is 3.50. The summed E-state index contributed by atoms with van der Waals surface area (Å²) in [7, 11) is 1.49. The molecule has 0 radical (unpaired) electrons. The van der Waals surface area contributed by atoms with Crippen molar-refractivity contribution in [2.24, 2.45) is 0 Å². The summed E-state index contributed by atoms with van der Waals surface area (Å²) in [5.41, 5.74) is 1.26. The fourth-order valence-corrected chi connectivity index (χ4v) is 2.22. The summed E-state index contributed by atoms with van der Waals surface area (Å²) in [6, 6.07) is 8.42. The van der Waals surface area contributed by atoms with Gasteiger partial charge in [-0.2, -0.15) is 0 Å². The van der Waals surface area contributed by atoms with Crippen molar-refractivity contribution >= 4 is 17.6 Å². The Morgan fingerprint density at radius 3 is 2.56 bits per heavy atom. The molecule has 0 bridgehead atoms. The first-order chi connectivity index (χ1) is 11.9. The van der Waals surface area contributed by atoms with E-state index in [1.54, 1.807) is 25.1 Å². The second-order valence-corrected chi connectivity index (χ2v) is 5.50. The van der Waals surface area contributed by atoms with Crippen LogP contribution in [0.15, 0.2) is 35.1 Å². The molecule has 2 N–H and O–H groups in total. The Morgan fingerprint density at radius 1 is 1.12 bits per heavy atom. The number of anilines is 1. The van der Waals surface area contributed by atoms with Gasteiger partial charge in [0.05, 0.1) is 12.2 Å². The van der Waals surface area contributed by atoms with E-state index in [1.165, 1.54) is 13.2 Å². The number of hydrogen-bond acceptors (Lipinski definition) is 5. The summed E-state index contributed by atoms with van der Waals surface area (Å²) in [5.74, 6) is -1.23. The molecule has 0 aliphatic rings. The summed E-state index contributed by atoms with van der Waals surface area (Å²) in [6.07, 6.45) is 0. The predicted molar refractivity (Wildman–Crippen MR) is 93.1 cm³/mol. The lowest BCUT2D eigenvalue weighted by Crippen LogP contribution is -2.26. The van der Waals surface area contributed by atoms with Crippen molar-refractivity contribution in [3.63, 3.8) is 0 Å². The third-order valence-electron chi connectivity index (χ3n) is 3.50. The number of rotatable bonds is 6. The molecule has 0 fully saturated rings. The fraction of sp³-hybridized carbons (Fsp3) is 0.278. The summed E-state index contributed by atoms with van der Waals surface area (Å²) in [4.78, 5) is 39.1. The molecule has 1 amide bonds. The molecule has 2 rings (SSSR count). The average Bonchev–Trinajstić information content (AvgIpc) is 2.54. The maximum absolute atomic E-state index is 12.4. The molecular formula is C18H20N2O5. The molecule has 25 heavy (non-hydrogen) atoms. The van der Waals surface area contributed by atoms with E-state index in [0.29, 0.717) is 11.4 Å². The van der Waals surface area contributed by atoms with Crippen molar-refractivity contribution in [3.8, 4) is 0 Å². The highest BCUT2D eigenvalue weighted by Gasteiger charge is 2.18. The van der Waals surface area contributed by atoms with Crippen molar-refractivity contribution in [2.45, 2.75) is 13.8 Å². The van der Waals surface area contributed by atoms with Crippen LogP contribution in [-0.4, -0.2) is 37.2 Å². The number of esters is 1. The van der Waals surface area contributed by atoms with E-state index in [1.807, 2.05) is 13.0 Å². The van der Waals surface area contributed by atoms with Gasteiger partial charge in [-0.05, 0) is 37.6 Å². The monoisotopic (exact) mass is 344 g/mol. The number of hydrogen-bond donors (Lipinski definition) is 2. The molecule has 132 valence electrons. The number of carbonyl (C=O) groups excluding carboxylic acids is 2. The van der Waals surface area contributed by atoms with Crippen LogP contribution in [0.4, 0.5) is 5.69 Å². The van der Waals surface area contributed by atoms with Crippen LogP contribution >= 0.6 is 0 Å². The molecule has 1 aromatic carbocycles. The summed E-state index contributed by atoms with van der Waals surface area (Å²) in [6.45, 7) is 3.80. The quantitative estimate of drug-likeness (QED) is 0.617. The molecule has 7 heteroatoms. The minimum Gasteiger partial charge on any atom is -0.460 e. The Labute approximate surface area is 145 Å². The van der Waals surface area contributed by atoms with Crippen LogP contribution in [0.3, 0.4) is 0 Å². The molecule has 0 aliphatic carbocycles. The van der Waals surface area contributed by atoms with E-state index in [0.717, 1.165) is 5.56 Å². The van der Waals surface area contributed by atoms with E-state index in [9.17, 15) is 14.4 Å². The second-order valence-electron chi connectivity index (χ2n) is 5.50. The smallest absolute Gasteiger partial charge is 0.340 e. The van der Waals surface area contributed by atoms with Gasteiger partial charge in [-0.15, -0.1) is 0 Å².